The summed E-state index contributed by atoms with van der Waals surface area (Å²) in [6, 6.07) is 21.7. The Morgan fingerprint density at radius 2 is 1.67 bits per heavy atom. The van der Waals surface area contributed by atoms with Crippen LogP contribution in [0.1, 0.15) is 35.3 Å². The normalized spacial score (nSPS) is 10.6. The summed E-state index contributed by atoms with van der Waals surface area (Å²) in [5, 5.41) is 14.5. The quantitative estimate of drug-likeness (QED) is 0.234. The van der Waals surface area contributed by atoms with Crippen molar-refractivity contribution in [1.82, 2.24) is 20.6 Å². The Labute approximate surface area is 210 Å². The molecule has 0 fully saturated rings. The second-order valence-corrected chi connectivity index (χ2v) is 8.08. The van der Waals surface area contributed by atoms with Gasteiger partial charge < -0.3 is 14.4 Å². The minimum absolute atomic E-state index is 0.297. The number of rotatable bonds is 10. The van der Waals surface area contributed by atoms with Gasteiger partial charge in [0, 0.05) is 5.56 Å². The van der Waals surface area contributed by atoms with Gasteiger partial charge in [-0.15, -0.1) is 10.2 Å². The van der Waals surface area contributed by atoms with E-state index in [4.69, 9.17) is 9.47 Å². The van der Waals surface area contributed by atoms with Crippen molar-refractivity contribution >= 4 is 11.7 Å². The van der Waals surface area contributed by atoms with Crippen molar-refractivity contribution in [2.45, 2.75) is 27.3 Å². The molecule has 1 N–H and O–H groups in total. The summed E-state index contributed by atoms with van der Waals surface area (Å²) < 4.78 is 11.1. The zero-order valence-corrected chi connectivity index (χ0v) is 20.7. The number of tetrazole rings is 1. The summed E-state index contributed by atoms with van der Waals surface area (Å²) >= 11 is 0. The number of aryl methyl sites for hydroxylation is 1. The SMILES string of the molecule is C=C(OCC)N(Cc1ccc(-c2ccccc2-c2nn[nH]n2)cc1)c1c(C)cccc1C(=O)OCC. The fraction of sp³-hybridized carbons (Fsp3) is 0.214. The number of benzene rings is 3. The van der Waals surface area contributed by atoms with Crippen LogP contribution in [-0.2, 0) is 16.0 Å². The van der Waals surface area contributed by atoms with Crippen LogP contribution in [0, 0.1) is 6.92 Å². The first-order chi connectivity index (χ1) is 17.5. The third-order valence-corrected chi connectivity index (χ3v) is 5.73. The van der Waals surface area contributed by atoms with Crippen LogP contribution in [0.25, 0.3) is 22.5 Å². The summed E-state index contributed by atoms with van der Waals surface area (Å²) in [5.41, 5.74) is 6.07. The summed E-state index contributed by atoms with van der Waals surface area (Å²) in [6.45, 7) is 11.0. The summed E-state index contributed by atoms with van der Waals surface area (Å²) in [6.07, 6.45) is 0. The first-order valence-corrected chi connectivity index (χ1v) is 11.8. The lowest BCUT2D eigenvalue weighted by molar-refractivity contribution is 0.0527. The van der Waals surface area contributed by atoms with E-state index in [0.717, 1.165) is 33.5 Å². The molecule has 1 aromatic heterocycles. The number of carbonyl (C=O) groups excluding carboxylic acids is 1. The molecule has 1 heterocycles. The molecule has 0 unspecified atom stereocenters. The Hall–Kier alpha value is -4.46. The molecule has 0 aliphatic heterocycles. The minimum Gasteiger partial charge on any atom is -0.480 e. The number of ether oxygens (including phenoxy) is 2. The van der Waals surface area contributed by atoms with Crippen LogP contribution >= 0.6 is 0 Å². The maximum atomic E-state index is 12.7. The van der Waals surface area contributed by atoms with Crippen molar-refractivity contribution in [2.75, 3.05) is 18.1 Å². The van der Waals surface area contributed by atoms with E-state index in [-0.39, 0.29) is 5.97 Å². The molecule has 0 spiro atoms. The number of hydrogen-bond donors (Lipinski definition) is 1. The van der Waals surface area contributed by atoms with E-state index in [1.54, 1.807) is 13.0 Å². The smallest absolute Gasteiger partial charge is 0.340 e. The Morgan fingerprint density at radius 1 is 0.944 bits per heavy atom. The average molecular weight is 484 g/mol. The second kappa shape index (κ2) is 11.3. The minimum atomic E-state index is -0.376. The number of esters is 1. The molecule has 0 saturated heterocycles. The lowest BCUT2D eigenvalue weighted by Crippen LogP contribution is -2.26. The zero-order valence-electron chi connectivity index (χ0n) is 20.7. The van der Waals surface area contributed by atoms with Gasteiger partial charge in [-0.2, -0.15) is 5.21 Å². The molecule has 0 atom stereocenters. The second-order valence-electron chi connectivity index (χ2n) is 8.08. The van der Waals surface area contributed by atoms with Gasteiger partial charge in [-0.25, -0.2) is 4.79 Å². The number of aromatic nitrogens is 4. The molecule has 184 valence electrons. The summed E-state index contributed by atoms with van der Waals surface area (Å²) in [4.78, 5) is 14.7. The highest BCUT2D eigenvalue weighted by Crippen LogP contribution is 2.33. The largest absolute Gasteiger partial charge is 0.480 e. The number of nitrogens with zero attached hydrogens (tertiary/aromatic N) is 4. The molecule has 0 aliphatic carbocycles. The number of hydrogen-bond acceptors (Lipinski definition) is 7. The molecule has 0 bridgehead atoms. The van der Waals surface area contributed by atoms with Crippen molar-refractivity contribution in [3.8, 4) is 22.5 Å². The van der Waals surface area contributed by atoms with E-state index >= 15 is 0 Å². The summed E-state index contributed by atoms with van der Waals surface area (Å²) in [7, 11) is 0. The molecule has 0 radical (unpaired) electrons. The van der Waals surface area contributed by atoms with Crippen LogP contribution in [0.2, 0.25) is 0 Å². The highest BCUT2D eigenvalue weighted by molar-refractivity contribution is 5.97. The fourth-order valence-electron chi connectivity index (χ4n) is 4.11. The van der Waals surface area contributed by atoms with Gasteiger partial charge in [0.2, 0.25) is 5.82 Å². The molecule has 4 rings (SSSR count). The Balaban J connectivity index is 1.68. The van der Waals surface area contributed by atoms with E-state index < -0.39 is 0 Å². The molecular formula is C28H29N5O3. The van der Waals surface area contributed by atoms with E-state index in [0.29, 0.717) is 37.0 Å². The molecule has 0 amide bonds. The molecule has 0 aliphatic rings. The lowest BCUT2D eigenvalue weighted by atomic mass is 9.98. The van der Waals surface area contributed by atoms with Gasteiger partial charge in [-0.3, -0.25) is 0 Å². The molecule has 3 aromatic carbocycles. The van der Waals surface area contributed by atoms with Crippen LogP contribution in [0.3, 0.4) is 0 Å². The van der Waals surface area contributed by atoms with Crippen molar-refractivity contribution in [1.29, 1.82) is 0 Å². The maximum absolute atomic E-state index is 12.7. The van der Waals surface area contributed by atoms with Crippen LogP contribution in [0.5, 0.6) is 0 Å². The number of aromatic amines is 1. The Bertz CT molecular complexity index is 1330. The molecule has 8 nitrogen and oxygen atoms in total. The van der Waals surface area contributed by atoms with Gasteiger partial charge in [0.15, 0.2) is 5.88 Å². The first kappa shape index (κ1) is 24.7. The summed E-state index contributed by atoms with van der Waals surface area (Å²) in [5.74, 6) is 0.628. The first-order valence-electron chi connectivity index (χ1n) is 11.8. The molecule has 36 heavy (non-hydrogen) atoms. The highest BCUT2D eigenvalue weighted by atomic mass is 16.5. The molecular weight excluding hydrogens is 454 g/mol. The molecule has 8 heteroatoms. The number of nitrogens with one attached hydrogen (secondary N) is 1. The van der Waals surface area contributed by atoms with E-state index in [1.807, 2.05) is 55.1 Å². The van der Waals surface area contributed by atoms with Gasteiger partial charge in [-0.05, 0) is 60.9 Å². The molecule has 0 saturated carbocycles. The number of para-hydroxylation sites is 1. The predicted molar refractivity (Wildman–Crippen MR) is 139 cm³/mol. The Morgan fingerprint density at radius 3 is 2.33 bits per heavy atom. The van der Waals surface area contributed by atoms with E-state index in [9.17, 15) is 4.79 Å². The van der Waals surface area contributed by atoms with Crippen LogP contribution in [0.15, 0.2) is 79.2 Å². The average Bonchev–Trinajstić information content (AvgIpc) is 3.43. The Kier molecular flexibility index (Phi) is 7.75. The third-order valence-electron chi connectivity index (χ3n) is 5.73. The van der Waals surface area contributed by atoms with Gasteiger partial charge >= 0.3 is 5.97 Å². The number of anilines is 1. The van der Waals surface area contributed by atoms with Crippen molar-refractivity contribution in [3.63, 3.8) is 0 Å². The standard InChI is InChI=1S/C28H29N5O3/c1-5-35-20(4)33(26-19(3)10-9-13-25(26)28(34)36-6-2)18-21-14-16-22(17-15-21)23-11-7-8-12-24(23)27-29-31-32-30-27/h7-17H,4-6,18H2,1-3H3,(H,29,30,31,32). The highest BCUT2D eigenvalue weighted by Gasteiger charge is 2.23. The van der Waals surface area contributed by atoms with E-state index in [2.05, 4.69) is 51.5 Å². The van der Waals surface area contributed by atoms with Gasteiger partial charge in [0.25, 0.3) is 0 Å². The van der Waals surface area contributed by atoms with Crippen molar-refractivity contribution in [2.24, 2.45) is 0 Å². The van der Waals surface area contributed by atoms with Crippen molar-refractivity contribution in [3.05, 3.63) is 95.9 Å². The predicted octanol–water partition coefficient (Wildman–Crippen LogP) is 5.53. The monoisotopic (exact) mass is 483 g/mol. The van der Waals surface area contributed by atoms with Crippen LogP contribution in [0.4, 0.5) is 5.69 Å². The van der Waals surface area contributed by atoms with Gasteiger partial charge in [0.05, 0.1) is 31.0 Å². The maximum Gasteiger partial charge on any atom is 0.340 e. The van der Waals surface area contributed by atoms with Gasteiger partial charge in [0.1, 0.15) is 0 Å². The van der Waals surface area contributed by atoms with Crippen LogP contribution < -0.4 is 4.90 Å². The number of H-pyrrole nitrogens is 1. The van der Waals surface area contributed by atoms with Gasteiger partial charge in [-0.1, -0.05) is 60.7 Å². The lowest BCUT2D eigenvalue weighted by Gasteiger charge is -2.29. The fourth-order valence-corrected chi connectivity index (χ4v) is 4.11. The van der Waals surface area contributed by atoms with Crippen molar-refractivity contribution < 1.29 is 14.3 Å². The van der Waals surface area contributed by atoms with E-state index in [1.165, 1.54) is 0 Å². The molecule has 4 aromatic rings. The zero-order chi connectivity index (χ0) is 25.5. The third kappa shape index (κ3) is 5.27. The number of carbonyl (C=O) groups is 1. The van der Waals surface area contributed by atoms with Crippen LogP contribution in [-0.4, -0.2) is 39.8 Å². The topological polar surface area (TPSA) is 93.2 Å².